The normalized spacial score (nSPS) is 9.87. The van der Waals surface area contributed by atoms with Gasteiger partial charge in [0.25, 0.3) is 5.91 Å². The minimum atomic E-state index is -0.0342. The van der Waals surface area contributed by atoms with Gasteiger partial charge in [-0.25, -0.2) is 0 Å². The van der Waals surface area contributed by atoms with Crippen molar-refractivity contribution < 1.29 is 4.79 Å². The van der Waals surface area contributed by atoms with Crippen molar-refractivity contribution in [2.24, 2.45) is 0 Å². The second-order valence-electron chi connectivity index (χ2n) is 3.05. The third-order valence-corrected chi connectivity index (χ3v) is 2.67. The number of nitrogens with zero attached hydrogens (tertiary/aromatic N) is 1. The number of rotatable bonds is 3. The summed E-state index contributed by atoms with van der Waals surface area (Å²) in [7, 11) is 0. The average molecular weight is 218 g/mol. The van der Waals surface area contributed by atoms with Crippen molar-refractivity contribution >= 4 is 17.2 Å². The van der Waals surface area contributed by atoms with Gasteiger partial charge in [0, 0.05) is 29.9 Å². The van der Waals surface area contributed by atoms with Crippen LogP contribution in [0.25, 0.3) is 0 Å². The molecule has 2 aromatic rings. The maximum Gasteiger partial charge on any atom is 0.252 e. The van der Waals surface area contributed by atoms with Crippen LogP contribution >= 0.6 is 11.3 Å². The number of thiophene rings is 1. The number of nitrogens with one attached hydrogen (secondary N) is 1. The molecule has 0 atom stereocenters. The van der Waals surface area contributed by atoms with Gasteiger partial charge in [0.1, 0.15) is 0 Å². The van der Waals surface area contributed by atoms with Crippen LogP contribution in [0.15, 0.2) is 41.4 Å². The molecule has 0 aliphatic heterocycles. The number of carbonyl (C=O) groups is 1. The lowest BCUT2D eigenvalue weighted by Crippen LogP contribution is -2.22. The fourth-order valence-corrected chi connectivity index (χ4v) is 1.81. The zero-order chi connectivity index (χ0) is 10.5. The first kappa shape index (κ1) is 9.86. The highest BCUT2D eigenvalue weighted by Crippen LogP contribution is 2.05. The predicted octanol–water partition coefficient (Wildman–Crippen LogP) is 2.07. The highest BCUT2D eigenvalue weighted by atomic mass is 32.1. The van der Waals surface area contributed by atoms with Crippen LogP contribution in [0.1, 0.15) is 15.9 Å². The van der Waals surface area contributed by atoms with E-state index in [4.69, 9.17) is 0 Å². The standard InChI is InChI=1S/C11H10N2OS/c14-11(10-3-6-15-8-10)13-7-9-1-4-12-5-2-9/h1-6,8H,7H2,(H,13,14). The van der Waals surface area contributed by atoms with Gasteiger partial charge in [0.05, 0.1) is 0 Å². The number of amides is 1. The fraction of sp³-hybridized carbons (Fsp3) is 0.0909. The molecule has 2 aromatic heterocycles. The van der Waals surface area contributed by atoms with E-state index in [-0.39, 0.29) is 5.91 Å². The molecule has 0 aromatic carbocycles. The molecule has 0 radical (unpaired) electrons. The molecule has 2 rings (SSSR count). The highest BCUT2D eigenvalue weighted by molar-refractivity contribution is 7.08. The Labute approximate surface area is 91.8 Å². The summed E-state index contributed by atoms with van der Waals surface area (Å²) in [5.74, 6) is -0.0342. The summed E-state index contributed by atoms with van der Waals surface area (Å²) < 4.78 is 0. The van der Waals surface area contributed by atoms with Crippen molar-refractivity contribution in [2.75, 3.05) is 0 Å². The molecule has 15 heavy (non-hydrogen) atoms. The van der Waals surface area contributed by atoms with Crippen molar-refractivity contribution in [3.8, 4) is 0 Å². The first-order valence-electron chi connectivity index (χ1n) is 4.55. The topological polar surface area (TPSA) is 42.0 Å². The van der Waals surface area contributed by atoms with Crippen molar-refractivity contribution in [3.63, 3.8) is 0 Å². The van der Waals surface area contributed by atoms with Crippen molar-refractivity contribution in [1.29, 1.82) is 0 Å². The zero-order valence-corrected chi connectivity index (χ0v) is 8.83. The maximum absolute atomic E-state index is 11.6. The summed E-state index contributed by atoms with van der Waals surface area (Å²) in [6.07, 6.45) is 3.43. The van der Waals surface area contributed by atoms with Crippen LogP contribution in [-0.2, 0) is 6.54 Å². The number of aromatic nitrogens is 1. The van der Waals surface area contributed by atoms with Crippen LogP contribution in [0, 0.1) is 0 Å². The Balaban J connectivity index is 1.92. The molecule has 0 bridgehead atoms. The molecule has 0 saturated heterocycles. The van der Waals surface area contributed by atoms with E-state index in [1.165, 1.54) is 11.3 Å². The Morgan fingerprint density at radius 2 is 2.13 bits per heavy atom. The van der Waals surface area contributed by atoms with Gasteiger partial charge in [-0.2, -0.15) is 11.3 Å². The van der Waals surface area contributed by atoms with Crippen LogP contribution in [0.3, 0.4) is 0 Å². The largest absolute Gasteiger partial charge is 0.348 e. The van der Waals surface area contributed by atoms with Crippen LogP contribution in [0.5, 0.6) is 0 Å². The lowest BCUT2D eigenvalue weighted by atomic mass is 10.2. The third-order valence-electron chi connectivity index (χ3n) is 1.99. The number of pyridine rings is 1. The van der Waals surface area contributed by atoms with Gasteiger partial charge in [-0.3, -0.25) is 9.78 Å². The van der Waals surface area contributed by atoms with E-state index in [1.54, 1.807) is 12.4 Å². The van der Waals surface area contributed by atoms with Gasteiger partial charge in [-0.1, -0.05) is 0 Å². The number of carbonyl (C=O) groups excluding carboxylic acids is 1. The van der Waals surface area contributed by atoms with Gasteiger partial charge < -0.3 is 5.32 Å². The quantitative estimate of drug-likeness (QED) is 0.857. The molecule has 0 aliphatic rings. The molecule has 3 nitrogen and oxygen atoms in total. The Morgan fingerprint density at radius 3 is 2.80 bits per heavy atom. The number of hydrogen-bond acceptors (Lipinski definition) is 3. The minimum absolute atomic E-state index is 0.0342. The Bertz CT molecular complexity index is 425. The van der Waals surface area contributed by atoms with Crippen LogP contribution in [-0.4, -0.2) is 10.9 Å². The lowest BCUT2D eigenvalue weighted by Gasteiger charge is -2.02. The first-order chi connectivity index (χ1) is 7.36. The monoisotopic (exact) mass is 218 g/mol. The molecule has 0 saturated carbocycles. The smallest absolute Gasteiger partial charge is 0.252 e. The summed E-state index contributed by atoms with van der Waals surface area (Å²) in [6, 6.07) is 5.58. The molecule has 0 fully saturated rings. The van der Waals surface area contributed by atoms with E-state index in [1.807, 2.05) is 29.0 Å². The third kappa shape index (κ3) is 2.63. The maximum atomic E-state index is 11.6. The van der Waals surface area contributed by atoms with E-state index in [0.29, 0.717) is 12.1 Å². The van der Waals surface area contributed by atoms with E-state index >= 15 is 0 Å². The lowest BCUT2D eigenvalue weighted by molar-refractivity contribution is 0.0951. The average Bonchev–Trinajstić information content (AvgIpc) is 2.81. The van der Waals surface area contributed by atoms with E-state index in [9.17, 15) is 4.79 Å². The van der Waals surface area contributed by atoms with Gasteiger partial charge in [-0.05, 0) is 29.1 Å². The zero-order valence-electron chi connectivity index (χ0n) is 8.01. The van der Waals surface area contributed by atoms with Crippen molar-refractivity contribution in [2.45, 2.75) is 6.54 Å². The Hall–Kier alpha value is -1.68. The molecular formula is C11H10N2OS. The van der Waals surface area contributed by atoms with Gasteiger partial charge in [0.2, 0.25) is 0 Å². The van der Waals surface area contributed by atoms with Crippen LogP contribution in [0.2, 0.25) is 0 Å². The van der Waals surface area contributed by atoms with E-state index in [0.717, 1.165) is 5.56 Å². The minimum Gasteiger partial charge on any atom is -0.348 e. The molecule has 0 unspecified atom stereocenters. The molecular weight excluding hydrogens is 208 g/mol. The van der Waals surface area contributed by atoms with E-state index in [2.05, 4.69) is 10.3 Å². The second-order valence-corrected chi connectivity index (χ2v) is 3.83. The highest BCUT2D eigenvalue weighted by Gasteiger charge is 2.04. The summed E-state index contributed by atoms with van der Waals surface area (Å²) in [5, 5.41) is 6.57. The van der Waals surface area contributed by atoms with Gasteiger partial charge in [-0.15, -0.1) is 0 Å². The molecule has 1 N–H and O–H groups in total. The predicted molar refractivity (Wildman–Crippen MR) is 59.7 cm³/mol. The van der Waals surface area contributed by atoms with Crippen molar-refractivity contribution in [1.82, 2.24) is 10.3 Å². The molecule has 1 amide bonds. The molecule has 0 aliphatic carbocycles. The first-order valence-corrected chi connectivity index (χ1v) is 5.50. The summed E-state index contributed by atoms with van der Waals surface area (Å²) in [6.45, 7) is 0.539. The molecule has 76 valence electrons. The van der Waals surface area contributed by atoms with E-state index < -0.39 is 0 Å². The fourth-order valence-electron chi connectivity index (χ4n) is 1.18. The van der Waals surface area contributed by atoms with Crippen LogP contribution < -0.4 is 5.32 Å². The molecule has 0 spiro atoms. The van der Waals surface area contributed by atoms with Gasteiger partial charge >= 0.3 is 0 Å². The summed E-state index contributed by atoms with van der Waals surface area (Å²) in [5.41, 5.74) is 1.77. The number of hydrogen-bond donors (Lipinski definition) is 1. The SMILES string of the molecule is O=C(NCc1ccncc1)c1ccsc1. The molecule has 2 heterocycles. The summed E-state index contributed by atoms with van der Waals surface area (Å²) >= 11 is 1.52. The Morgan fingerprint density at radius 1 is 1.33 bits per heavy atom. The second kappa shape index (κ2) is 4.70. The summed E-state index contributed by atoms with van der Waals surface area (Å²) in [4.78, 5) is 15.5. The Kier molecular flexibility index (Phi) is 3.09. The van der Waals surface area contributed by atoms with Crippen LogP contribution in [0.4, 0.5) is 0 Å². The van der Waals surface area contributed by atoms with Crippen molar-refractivity contribution in [3.05, 3.63) is 52.5 Å². The van der Waals surface area contributed by atoms with Gasteiger partial charge in [0.15, 0.2) is 0 Å². The molecule has 4 heteroatoms.